The fraction of sp³-hybridized carbons (Fsp3) is 1.00. The maximum atomic E-state index is 11.9. The molecule has 0 N–H and O–H groups in total. The maximum absolute atomic E-state index is 11.9. The van der Waals surface area contributed by atoms with Gasteiger partial charge in [0.1, 0.15) is 0 Å². The van der Waals surface area contributed by atoms with Crippen molar-refractivity contribution in [1.82, 2.24) is 9.21 Å². The lowest BCUT2D eigenvalue weighted by molar-refractivity contribution is 0.149. The Morgan fingerprint density at radius 1 is 1.11 bits per heavy atom. The summed E-state index contributed by atoms with van der Waals surface area (Å²) < 4.78 is 45.0. The maximum Gasteiger partial charge on any atom is 0.330 e. The zero-order valence-corrected chi connectivity index (χ0v) is 13.4. The molecular weight excluding hydrogens is 290 g/mol. The van der Waals surface area contributed by atoms with Crippen LogP contribution in [-0.2, 0) is 24.7 Å². The van der Waals surface area contributed by atoms with Crippen molar-refractivity contribution in [2.45, 2.75) is 6.42 Å². The average Bonchev–Trinajstić information content (AvgIpc) is 2.27. The van der Waals surface area contributed by atoms with Gasteiger partial charge in [-0.15, -0.1) is 0 Å². The van der Waals surface area contributed by atoms with Crippen molar-refractivity contribution in [2.24, 2.45) is 3.77 Å². The largest absolute Gasteiger partial charge is 0.385 e. The van der Waals surface area contributed by atoms with E-state index >= 15 is 0 Å². The lowest BCUT2D eigenvalue weighted by Gasteiger charge is -2.32. The van der Waals surface area contributed by atoms with E-state index in [2.05, 4.69) is 8.67 Å². The number of hydrogen-bond acceptors (Lipinski definition) is 5. The molecule has 1 aliphatic rings. The number of piperazine rings is 1. The minimum Gasteiger partial charge on any atom is -0.385 e. The molecule has 19 heavy (non-hydrogen) atoms. The molecule has 0 aromatic heterocycles. The third kappa shape index (κ3) is 6.17. The first-order valence-corrected chi connectivity index (χ1v) is 9.87. The smallest absolute Gasteiger partial charge is 0.330 e. The van der Waals surface area contributed by atoms with Crippen LogP contribution in [0.5, 0.6) is 0 Å². The van der Waals surface area contributed by atoms with Crippen LogP contribution in [0.4, 0.5) is 0 Å². The molecule has 0 spiro atoms. The first kappa shape index (κ1) is 16.8. The van der Waals surface area contributed by atoms with E-state index in [1.54, 1.807) is 7.11 Å². The summed E-state index contributed by atoms with van der Waals surface area (Å²) in [4.78, 5) is 2.19. The standard InChI is InChI=1S/C10H23N3O4S2/c1-17-10-4-5-12-6-8-13(9-7-12)19(15,16)11-18(2,3)14/h4-10H2,1-3H3. The van der Waals surface area contributed by atoms with Crippen LogP contribution in [0, 0.1) is 0 Å². The second-order valence-electron chi connectivity index (χ2n) is 4.82. The van der Waals surface area contributed by atoms with Crippen LogP contribution in [0.2, 0.25) is 0 Å². The van der Waals surface area contributed by atoms with Crippen LogP contribution < -0.4 is 0 Å². The molecule has 1 fully saturated rings. The van der Waals surface area contributed by atoms with Crippen molar-refractivity contribution < 1.29 is 17.4 Å². The van der Waals surface area contributed by atoms with Gasteiger partial charge in [-0.2, -0.15) is 12.7 Å². The third-order valence-electron chi connectivity index (χ3n) is 2.75. The Labute approximate surface area is 116 Å². The molecule has 0 amide bonds. The van der Waals surface area contributed by atoms with E-state index in [9.17, 15) is 12.6 Å². The molecule has 1 aliphatic heterocycles. The minimum absolute atomic E-state index is 0.397. The monoisotopic (exact) mass is 313 g/mol. The Kier molecular flexibility index (Phi) is 6.18. The molecule has 0 aromatic carbocycles. The summed E-state index contributed by atoms with van der Waals surface area (Å²) in [6, 6.07) is 0. The van der Waals surface area contributed by atoms with E-state index in [0.717, 1.165) is 13.0 Å². The van der Waals surface area contributed by atoms with Crippen LogP contribution >= 0.6 is 0 Å². The summed E-state index contributed by atoms with van der Waals surface area (Å²) in [5.74, 6) is 0. The number of ether oxygens (including phenoxy) is 1. The zero-order chi connectivity index (χ0) is 14.5. The fourth-order valence-corrected chi connectivity index (χ4v) is 4.71. The lowest BCUT2D eigenvalue weighted by atomic mass is 10.3. The van der Waals surface area contributed by atoms with Crippen molar-refractivity contribution in [1.29, 1.82) is 0 Å². The first-order valence-electron chi connectivity index (χ1n) is 6.14. The molecule has 1 heterocycles. The molecule has 7 nitrogen and oxygen atoms in total. The molecule has 0 radical (unpaired) electrons. The van der Waals surface area contributed by atoms with Crippen molar-refractivity contribution in [3.63, 3.8) is 0 Å². The number of rotatable bonds is 6. The minimum atomic E-state index is -3.76. The van der Waals surface area contributed by atoms with Crippen LogP contribution in [0.3, 0.4) is 0 Å². The molecule has 0 saturated carbocycles. The number of methoxy groups -OCH3 is 1. The molecule has 0 aromatic rings. The molecule has 1 rings (SSSR count). The van der Waals surface area contributed by atoms with Gasteiger partial charge in [-0.25, -0.2) is 4.21 Å². The summed E-state index contributed by atoms with van der Waals surface area (Å²) in [5.41, 5.74) is 0. The third-order valence-corrected chi connectivity index (χ3v) is 5.96. The average molecular weight is 313 g/mol. The van der Waals surface area contributed by atoms with Gasteiger partial charge in [0.15, 0.2) is 0 Å². The Bertz CT molecular complexity index is 481. The SMILES string of the molecule is COCCCN1CCN(S(=O)(=O)N=S(C)(C)=O)CC1. The molecule has 0 atom stereocenters. The highest BCUT2D eigenvalue weighted by atomic mass is 32.3. The van der Waals surface area contributed by atoms with Gasteiger partial charge in [0.25, 0.3) is 0 Å². The van der Waals surface area contributed by atoms with Gasteiger partial charge in [-0.3, -0.25) is 0 Å². The van der Waals surface area contributed by atoms with E-state index in [1.807, 2.05) is 0 Å². The second kappa shape index (κ2) is 6.98. The highest BCUT2D eigenvalue weighted by molar-refractivity contribution is 8.01. The fourth-order valence-electron chi connectivity index (χ4n) is 1.89. The van der Waals surface area contributed by atoms with Crippen molar-refractivity contribution in [3.8, 4) is 0 Å². The quantitative estimate of drug-likeness (QED) is 0.624. The zero-order valence-electron chi connectivity index (χ0n) is 11.7. The Balaban J connectivity index is 2.52. The predicted octanol–water partition coefficient (Wildman–Crippen LogP) is -0.387. The summed E-state index contributed by atoms with van der Waals surface area (Å²) in [5, 5.41) is 0. The Morgan fingerprint density at radius 3 is 2.16 bits per heavy atom. The molecule has 0 aliphatic carbocycles. The van der Waals surface area contributed by atoms with Crippen LogP contribution in [-0.4, -0.2) is 80.8 Å². The molecule has 114 valence electrons. The highest BCUT2D eigenvalue weighted by Gasteiger charge is 2.26. The van der Waals surface area contributed by atoms with Crippen LogP contribution in [0.1, 0.15) is 6.42 Å². The first-order chi connectivity index (χ1) is 8.74. The van der Waals surface area contributed by atoms with E-state index in [-0.39, 0.29) is 0 Å². The Morgan fingerprint density at radius 2 is 1.68 bits per heavy atom. The van der Waals surface area contributed by atoms with Gasteiger partial charge in [0, 0.05) is 59.0 Å². The second-order valence-corrected chi connectivity index (χ2v) is 9.19. The number of hydrogen-bond donors (Lipinski definition) is 0. The normalized spacial score (nSPS) is 19.5. The summed E-state index contributed by atoms with van der Waals surface area (Å²) in [7, 11) is -4.74. The topological polar surface area (TPSA) is 79.3 Å². The molecular formula is C10H23N3O4S2. The lowest BCUT2D eigenvalue weighted by Crippen LogP contribution is -2.48. The van der Waals surface area contributed by atoms with Crippen LogP contribution in [0.15, 0.2) is 3.77 Å². The van der Waals surface area contributed by atoms with Gasteiger partial charge in [0.2, 0.25) is 0 Å². The molecule has 0 unspecified atom stereocenters. The number of nitrogens with zero attached hydrogens (tertiary/aromatic N) is 3. The van der Waals surface area contributed by atoms with Crippen LogP contribution in [0.25, 0.3) is 0 Å². The Hall–Kier alpha value is -0.220. The summed E-state index contributed by atoms with van der Waals surface area (Å²) in [6.07, 6.45) is 3.59. The van der Waals surface area contributed by atoms with Gasteiger partial charge < -0.3 is 9.64 Å². The van der Waals surface area contributed by atoms with Gasteiger partial charge in [0.05, 0.1) is 9.73 Å². The predicted molar refractivity (Wildman–Crippen MR) is 75.8 cm³/mol. The van der Waals surface area contributed by atoms with E-state index in [0.29, 0.717) is 32.8 Å². The van der Waals surface area contributed by atoms with Crippen molar-refractivity contribution >= 4 is 19.9 Å². The summed E-state index contributed by atoms with van der Waals surface area (Å²) in [6.45, 7) is 3.75. The molecule has 1 saturated heterocycles. The highest BCUT2D eigenvalue weighted by Crippen LogP contribution is 2.10. The molecule has 0 bridgehead atoms. The van der Waals surface area contributed by atoms with Crippen molar-refractivity contribution in [3.05, 3.63) is 0 Å². The molecule has 9 heteroatoms. The van der Waals surface area contributed by atoms with Gasteiger partial charge in [-0.05, 0) is 6.42 Å². The van der Waals surface area contributed by atoms with E-state index < -0.39 is 19.9 Å². The van der Waals surface area contributed by atoms with E-state index in [4.69, 9.17) is 4.74 Å². The van der Waals surface area contributed by atoms with Gasteiger partial charge in [-0.1, -0.05) is 3.77 Å². The van der Waals surface area contributed by atoms with E-state index in [1.165, 1.54) is 16.8 Å². The van der Waals surface area contributed by atoms with Crippen molar-refractivity contribution in [2.75, 3.05) is 59.0 Å². The summed E-state index contributed by atoms with van der Waals surface area (Å²) >= 11 is 0. The van der Waals surface area contributed by atoms with Gasteiger partial charge >= 0.3 is 10.2 Å².